The Balaban J connectivity index is 1.83. The fourth-order valence-electron chi connectivity index (χ4n) is 3.28. The number of piperidine rings is 1. The van der Waals surface area contributed by atoms with Crippen molar-refractivity contribution in [2.75, 3.05) is 25.5 Å². The lowest BCUT2D eigenvalue weighted by Gasteiger charge is -2.30. The SMILES string of the molecule is COc1ccccc1NC(=O)c1cccc(S(=O)(=O)N2CCCC(C(N)=O)C2)c1. The van der Waals surface area contributed by atoms with Crippen molar-refractivity contribution in [1.29, 1.82) is 0 Å². The molecule has 1 saturated heterocycles. The van der Waals surface area contributed by atoms with E-state index in [1.807, 2.05) is 0 Å². The third-order valence-corrected chi connectivity index (χ3v) is 6.74. The number of nitrogens with two attached hydrogens (primary N) is 1. The van der Waals surface area contributed by atoms with E-state index >= 15 is 0 Å². The summed E-state index contributed by atoms with van der Waals surface area (Å²) in [5.74, 6) is -0.971. The first-order valence-electron chi connectivity index (χ1n) is 9.17. The number of rotatable bonds is 6. The maximum absolute atomic E-state index is 13.0. The molecule has 0 saturated carbocycles. The van der Waals surface area contributed by atoms with Crippen LogP contribution in [0, 0.1) is 5.92 Å². The molecule has 0 bridgehead atoms. The fourth-order valence-corrected chi connectivity index (χ4v) is 4.85. The van der Waals surface area contributed by atoms with Gasteiger partial charge in [0, 0.05) is 18.7 Å². The minimum absolute atomic E-state index is 0.00435. The number of carbonyl (C=O) groups is 2. The third kappa shape index (κ3) is 4.57. The van der Waals surface area contributed by atoms with Gasteiger partial charge in [0.2, 0.25) is 15.9 Å². The molecule has 8 nitrogen and oxygen atoms in total. The Morgan fingerprint density at radius 1 is 1.17 bits per heavy atom. The van der Waals surface area contributed by atoms with E-state index in [2.05, 4.69) is 5.32 Å². The fraction of sp³-hybridized carbons (Fsp3) is 0.300. The molecular weight excluding hydrogens is 394 g/mol. The van der Waals surface area contributed by atoms with E-state index in [9.17, 15) is 18.0 Å². The van der Waals surface area contributed by atoms with Crippen LogP contribution in [0.4, 0.5) is 5.69 Å². The zero-order valence-corrected chi connectivity index (χ0v) is 16.8. The van der Waals surface area contributed by atoms with Crippen LogP contribution in [0.3, 0.4) is 0 Å². The van der Waals surface area contributed by atoms with E-state index < -0.39 is 27.8 Å². The Labute approximate surface area is 169 Å². The van der Waals surface area contributed by atoms with Crippen LogP contribution in [-0.4, -0.2) is 44.7 Å². The van der Waals surface area contributed by atoms with Gasteiger partial charge in [-0.1, -0.05) is 18.2 Å². The second-order valence-electron chi connectivity index (χ2n) is 6.79. The molecule has 0 spiro atoms. The molecule has 2 aromatic rings. The number of hydrogen-bond acceptors (Lipinski definition) is 5. The lowest BCUT2D eigenvalue weighted by atomic mass is 9.99. The smallest absolute Gasteiger partial charge is 0.255 e. The Morgan fingerprint density at radius 3 is 2.66 bits per heavy atom. The monoisotopic (exact) mass is 417 g/mol. The normalized spacial score (nSPS) is 17.5. The number of primary amides is 1. The van der Waals surface area contributed by atoms with Crippen molar-refractivity contribution < 1.29 is 22.7 Å². The van der Waals surface area contributed by atoms with Crippen LogP contribution in [0.5, 0.6) is 5.75 Å². The summed E-state index contributed by atoms with van der Waals surface area (Å²) < 4.78 is 32.5. The molecule has 1 atom stereocenters. The molecule has 0 aliphatic carbocycles. The standard InChI is InChI=1S/C20H23N3O5S/c1-28-18-10-3-2-9-17(18)22-20(25)14-6-4-8-16(12-14)29(26,27)23-11-5-7-15(13-23)19(21)24/h2-4,6,8-10,12,15H,5,7,11,13H2,1H3,(H2,21,24)(H,22,25). The van der Waals surface area contributed by atoms with Crippen LogP contribution in [0.2, 0.25) is 0 Å². The molecule has 1 unspecified atom stereocenters. The number of hydrogen-bond donors (Lipinski definition) is 2. The van der Waals surface area contributed by atoms with Crippen LogP contribution in [0.25, 0.3) is 0 Å². The summed E-state index contributed by atoms with van der Waals surface area (Å²) in [7, 11) is -2.35. The predicted molar refractivity (Wildman–Crippen MR) is 108 cm³/mol. The van der Waals surface area contributed by atoms with Crippen molar-refractivity contribution in [1.82, 2.24) is 4.31 Å². The van der Waals surface area contributed by atoms with E-state index in [1.54, 1.807) is 24.3 Å². The van der Waals surface area contributed by atoms with Crippen molar-refractivity contribution in [3.63, 3.8) is 0 Å². The molecule has 2 aromatic carbocycles. The van der Waals surface area contributed by atoms with Crippen molar-refractivity contribution in [3.8, 4) is 5.75 Å². The highest BCUT2D eigenvalue weighted by Crippen LogP contribution is 2.26. The Bertz CT molecular complexity index is 1020. The number of amides is 2. The molecule has 1 fully saturated rings. The predicted octanol–water partition coefficient (Wildman–Crippen LogP) is 1.83. The Hall–Kier alpha value is -2.91. The molecule has 2 amide bonds. The highest BCUT2D eigenvalue weighted by Gasteiger charge is 2.32. The topological polar surface area (TPSA) is 119 Å². The molecule has 154 valence electrons. The van der Waals surface area contributed by atoms with Crippen LogP contribution < -0.4 is 15.8 Å². The third-order valence-electron chi connectivity index (χ3n) is 4.88. The van der Waals surface area contributed by atoms with Gasteiger partial charge in [-0.2, -0.15) is 4.31 Å². The summed E-state index contributed by atoms with van der Waals surface area (Å²) in [6.07, 6.45) is 1.13. The molecule has 0 aromatic heterocycles. The van der Waals surface area contributed by atoms with Crippen molar-refractivity contribution in [2.24, 2.45) is 11.7 Å². The Morgan fingerprint density at radius 2 is 1.93 bits per heavy atom. The zero-order valence-electron chi connectivity index (χ0n) is 16.0. The molecular formula is C20H23N3O5S. The number of carbonyl (C=O) groups excluding carboxylic acids is 2. The van der Waals surface area contributed by atoms with Gasteiger partial charge in [0.05, 0.1) is 23.6 Å². The van der Waals surface area contributed by atoms with Crippen LogP contribution in [0.15, 0.2) is 53.4 Å². The van der Waals surface area contributed by atoms with Gasteiger partial charge >= 0.3 is 0 Å². The first-order chi connectivity index (χ1) is 13.8. The molecule has 1 heterocycles. The van der Waals surface area contributed by atoms with Crippen LogP contribution in [-0.2, 0) is 14.8 Å². The number of anilines is 1. The van der Waals surface area contributed by atoms with Crippen LogP contribution >= 0.6 is 0 Å². The van der Waals surface area contributed by atoms with E-state index in [0.29, 0.717) is 30.8 Å². The van der Waals surface area contributed by atoms with Gasteiger partial charge in [-0.25, -0.2) is 8.42 Å². The van der Waals surface area contributed by atoms with Gasteiger partial charge in [0.15, 0.2) is 0 Å². The quantitative estimate of drug-likeness (QED) is 0.743. The molecule has 1 aliphatic rings. The van der Waals surface area contributed by atoms with E-state index in [-0.39, 0.29) is 17.0 Å². The molecule has 1 aliphatic heterocycles. The van der Waals surface area contributed by atoms with E-state index in [1.165, 1.54) is 35.7 Å². The second-order valence-corrected chi connectivity index (χ2v) is 8.72. The Kier molecular flexibility index (Phi) is 6.19. The number of benzene rings is 2. The molecule has 0 radical (unpaired) electrons. The molecule has 9 heteroatoms. The number of nitrogens with one attached hydrogen (secondary N) is 1. The van der Waals surface area contributed by atoms with Gasteiger partial charge in [0.1, 0.15) is 5.75 Å². The average molecular weight is 417 g/mol. The first-order valence-corrected chi connectivity index (χ1v) is 10.6. The summed E-state index contributed by atoms with van der Waals surface area (Å²) in [6, 6.07) is 12.7. The summed E-state index contributed by atoms with van der Waals surface area (Å²) >= 11 is 0. The summed E-state index contributed by atoms with van der Waals surface area (Å²) in [4.78, 5) is 24.1. The highest BCUT2D eigenvalue weighted by molar-refractivity contribution is 7.89. The minimum Gasteiger partial charge on any atom is -0.495 e. The zero-order chi connectivity index (χ0) is 21.0. The number of methoxy groups -OCH3 is 1. The average Bonchev–Trinajstić information content (AvgIpc) is 2.74. The van der Waals surface area contributed by atoms with Crippen molar-refractivity contribution in [2.45, 2.75) is 17.7 Å². The number of ether oxygens (including phenoxy) is 1. The molecule has 3 rings (SSSR count). The van der Waals surface area contributed by atoms with Crippen molar-refractivity contribution >= 4 is 27.5 Å². The second kappa shape index (κ2) is 8.62. The number of nitrogens with zero attached hydrogens (tertiary/aromatic N) is 1. The summed E-state index contributed by atoms with van der Waals surface area (Å²) in [6.45, 7) is 0.360. The van der Waals surface area contributed by atoms with Crippen LogP contribution in [0.1, 0.15) is 23.2 Å². The number of para-hydroxylation sites is 2. The van der Waals surface area contributed by atoms with E-state index in [0.717, 1.165) is 0 Å². The van der Waals surface area contributed by atoms with Gasteiger partial charge < -0.3 is 15.8 Å². The van der Waals surface area contributed by atoms with Gasteiger partial charge in [-0.05, 0) is 43.2 Å². The molecule has 29 heavy (non-hydrogen) atoms. The van der Waals surface area contributed by atoms with Gasteiger partial charge in [-0.15, -0.1) is 0 Å². The lowest BCUT2D eigenvalue weighted by Crippen LogP contribution is -2.44. The maximum atomic E-state index is 13.0. The summed E-state index contributed by atoms with van der Waals surface area (Å²) in [5, 5.41) is 2.72. The summed E-state index contributed by atoms with van der Waals surface area (Å²) in [5.41, 5.74) is 6.02. The lowest BCUT2D eigenvalue weighted by molar-refractivity contribution is -0.122. The largest absolute Gasteiger partial charge is 0.495 e. The number of sulfonamides is 1. The highest BCUT2D eigenvalue weighted by atomic mass is 32.2. The first kappa shape index (κ1) is 20.8. The van der Waals surface area contributed by atoms with Gasteiger partial charge in [-0.3, -0.25) is 9.59 Å². The maximum Gasteiger partial charge on any atom is 0.255 e. The minimum atomic E-state index is -3.85. The van der Waals surface area contributed by atoms with E-state index in [4.69, 9.17) is 10.5 Å². The van der Waals surface area contributed by atoms with Crippen molar-refractivity contribution in [3.05, 3.63) is 54.1 Å². The molecule has 3 N–H and O–H groups in total. The van der Waals surface area contributed by atoms with Gasteiger partial charge in [0.25, 0.3) is 5.91 Å².